The number of benzene rings is 2. The molecule has 4 rings (SSSR count). The summed E-state index contributed by atoms with van der Waals surface area (Å²) >= 11 is 1.62. The number of aromatic nitrogens is 1. The Morgan fingerprint density at radius 2 is 1.69 bits per heavy atom. The Kier molecular flexibility index (Phi) is 5.67. The third kappa shape index (κ3) is 4.05. The SMILES string of the molecule is COc1ccc(-c2csc(N3CCN(C(=O)c4ccccc4)CC3)n2)cc1OC. The Morgan fingerprint density at radius 3 is 2.38 bits per heavy atom. The average molecular weight is 410 g/mol. The van der Waals surface area contributed by atoms with Crippen molar-refractivity contribution < 1.29 is 14.3 Å². The molecular weight excluding hydrogens is 386 g/mol. The van der Waals surface area contributed by atoms with E-state index in [2.05, 4.69) is 10.3 Å². The first-order valence-corrected chi connectivity index (χ1v) is 10.3. The van der Waals surface area contributed by atoms with Crippen LogP contribution >= 0.6 is 11.3 Å². The van der Waals surface area contributed by atoms with Crippen LogP contribution in [0.15, 0.2) is 53.9 Å². The first kappa shape index (κ1) is 19.3. The molecule has 150 valence electrons. The lowest BCUT2D eigenvalue weighted by atomic mass is 10.1. The number of rotatable bonds is 5. The molecular formula is C22H23N3O3S. The normalized spacial score (nSPS) is 14.0. The summed E-state index contributed by atoms with van der Waals surface area (Å²) in [6, 6.07) is 15.3. The molecule has 3 aromatic rings. The minimum Gasteiger partial charge on any atom is -0.493 e. The molecule has 1 fully saturated rings. The van der Waals surface area contributed by atoms with Crippen LogP contribution in [0.3, 0.4) is 0 Å². The average Bonchev–Trinajstić information content (AvgIpc) is 3.29. The molecule has 7 heteroatoms. The molecule has 0 spiro atoms. The number of piperazine rings is 1. The van der Waals surface area contributed by atoms with Crippen LogP contribution in [-0.2, 0) is 0 Å². The van der Waals surface area contributed by atoms with Crippen LogP contribution in [0.1, 0.15) is 10.4 Å². The summed E-state index contributed by atoms with van der Waals surface area (Å²) in [5, 5.41) is 3.03. The number of methoxy groups -OCH3 is 2. The van der Waals surface area contributed by atoms with E-state index < -0.39 is 0 Å². The molecule has 0 atom stereocenters. The second-order valence-electron chi connectivity index (χ2n) is 6.73. The van der Waals surface area contributed by atoms with Crippen LogP contribution < -0.4 is 14.4 Å². The zero-order chi connectivity index (χ0) is 20.2. The number of carbonyl (C=O) groups excluding carboxylic acids is 1. The molecule has 0 unspecified atom stereocenters. The minimum absolute atomic E-state index is 0.0930. The molecule has 6 nitrogen and oxygen atoms in total. The van der Waals surface area contributed by atoms with Gasteiger partial charge in [-0.15, -0.1) is 11.3 Å². The second kappa shape index (κ2) is 8.53. The molecule has 1 aliphatic rings. The molecule has 0 N–H and O–H groups in total. The van der Waals surface area contributed by atoms with E-state index in [9.17, 15) is 4.79 Å². The Balaban J connectivity index is 1.43. The van der Waals surface area contributed by atoms with Gasteiger partial charge in [-0.3, -0.25) is 4.79 Å². The van der Waals surface area contributed by atoms with Crippen molar-refractivity contribution in [2.24, 2.45) is 0 Å². The Hall–Kier alpha value is -3.06. The van der Waals surface area contributed by atoms with E-state index >= 15 is 0 Å². The van der Waals surface area contributed by atoms with Crippen LogP contribution in [-0.4, -0.2) is 56.2 Å². The van der Waals surface area contributed by atoms with Crippen molar-refractivity contribution >= 4 is 22.4 Å². The van der Waals surface area contributed by atoms with Crippen LogP contribution in [0.25, 0.3) is 11.3 Å². The Labute approximate surface area is 174 Å². The van der Waals surface area contributed by atoms with E-state index in [4.69, 9.17) is 14.5 Å². The molecule has 1 amide bonds. The van der Waals surface area contributed by atoms with Crippen LogP contribution in [0.5, 0.6) is 11.5 Å². The molecule has 1 saturated heterocycles. The van der Waals surface area contributed by atoms with Crippen molar-refractivity contribution in [2.75, 3.05) is 45.3 Å². The number of amides is 1. The molecule has 29 heavy (non-hydrogen) atoms. The summed E-state index contributed by atoms with van der Waals surface area (Å²) in [5.41, 5.74) is 2.64. The van der Waals surface area contributed by atoms with Gasteiger partial charge in [0.25, 0.3) is 5.91 Å². The number of carbonyl (C=O) groups is 1. The lowest BCUT2D eigenvalue weighted by Crippen LogP contribution is -2.48. The van der Waals surface area contributed by atoms with Gasteiger partial charge >= 0.3 is 0 Å². The standard InChI is InChI=1S/C22H23N3O3S/c1-27-19-9-8-17(14-20(19)28-2)18-15-29-22(23-18)25-12-10-24(11-13-25)21(26)16-6-4-3-5-7-16/h3-9,14-15H,10-13H2,1-2H3. The van der Waals surface area contributed by atoms with E-state index in [0.717, 1.165) is 35.0 Å². The van der Waals surface area contributed by atoms with Crippen LogP contribution in [0.4, 0.5) is 5.13 Å². The van der Waals surface area contributed by atoms with Crippen molar-refractivity contribution in [3.63, 3.8) is 0 Å². The maximum atomic E-state index is 12.6. The lowest BCUT2D eigenvalue weighted by Gasteiger charge is -2.34. The fourth-order valence-electron chi connectivity index (χ4n) is 3.40. The number of nitrogens with zero attached hydrogens (tertiary/aromatic N) is 3. The summed E-state index contributed by atoms with van der Waals surface area (Å²) < 4.78 is 10.7. The zero-order valence-corrected chi connectivity index (χ0v) is 17.3. The third-order valence-corrected chi connectivity index (χ3v) is 5.93. The zero-order valence-electron chi connectivity index (χ0n) is 16.5. The molecule has 0 bridgehead atoms. The van der Waals surface area contributed by atoms with Crippen molar-refractivity contribution in [2.45, 2.75) is 0 Å². The third-order valence-electron chi connectivity index (χ3n) is 5.03. The molecule has 0 saturated carbocycles. The molecule has 2 heterocycles. The van der Waals surface area contributed by atoms with Gasteiger partial charge in [-0.05, 0) is 30.3 Å². The van der Waals surface area contributed by atoms with Crippen LogP contribution in [0, 0.1) is 0 Å². The number of anilines is 1. The first-order chi connectivity index (χ1) is 14.2. The van der Waals surface area contributed by atoms with Crippen LogP contribution in [0.2, 0.25) is 0 Å². The molecule has 0 radical (unpaired) electrons. The fraction of sp³-hybridized carbons (Fsp3) is 0.273. The van der Waals surface area contributed by atoms with Crippen molar-refractivity contribution in [3.8, 4) is 22.8 Å². The van der Waals surface area contributed by atoms with Crippen molar-refractivity contribution in [1.82, 2.24) is 9.88 Å². The predicted octanol–water partition coefficient (Wildman–Crippen LogP) is 3.79. The smallest absolute Gasteiger partial charge is 0.253 e. The summed E-state index contributed by atoms with van der Waals surface area (Å²) in [7, 11) is 3.25. The number of ether oxygens (including phenoxy) is 2. The molecule has 2 aromatic carbocycles. The van der Waals surface area contributed by atoms with E-state index in [1.54, 1.807) is 25.6 Å². The Morgan fingerprint density at radius 1 is 0.966 bits per heavy atom. The second-order valence-corrected chi connectivity index (χ2v) is 7.57. The number of hydrogen-bond acceptors (Lipinski definition) is 6. The molecule has 0 aliphatic carbocycles. The van der Waals surface area contributed by atoms with Crippen molar-refractivity contribution in [3.05, 3.63) is 59.5 Å². The Bertz CT molecular complexity index is 982. The van der Waals surface area contributed by atoms with Crippen molar-refractivity contribution in [1.29, 1.82) is 0 Å². The first-order valence-electron chi connectivity index (χ1n) is 9.47. The molecule has 1 aromatic heterocycles. The largest absolute Gasteiger partial charge is 0.493 e. The van der Waals surface area contributed by atoms with Gasteiger partial charge < -0.3 is 19.3 Å². The van der Waals surface area contributed by atoms with Gasteiger partial charge in [0.15, 0.2) is 16.6 Å². The summed E-state index contributed by atoms with van der Waals surface area (Å²) in [4.78, 5) is 21.6. The molecule has 1 aliphatic heterocycles. The quantitative estimate of drug-likeness (QED) is 0.642. The maximum absolute atomic E-state index is 12.6. The van der Waals surface area contributed by atoms with Gasteiger partial charge in [0, 0.05) is 42.7 Å². The highest BCUT2D eigenvalue weighted by atomic mass is 32.1. The van der Waals surface area contributed by atoms with E-state index in [1.807, 2.05) is 53.4 Å². The lowest BCUT2D eigenvalue weighted by molar-refractivity contribution is 0.0747. The number of hydrogen-bond donors (Lipinski definition) is 0. The highest BCUT2D eigenvalue weighted by Crippen LogP contribution is 2.34. The highest BCUT2D eigenvalue weighted by molar-refractivity contribution is 7.14. The van der Waals surface area contributed by atoms with Gasteiger partial charge in [0.05, 0.1) is 19.9 Å². The van der Waals surface area contributed by atoms with E-state index in [0.29, 0.717) is 24.6 Å². The minimum atomic E-state index is 0.0930. The summed E-state index contributed by atoms with van der Waals surface area (Å²) in [5.74, 6) is 1.48. The number of thiazole rings is 1. The maximum Gasteiger partial charge on any atom is 0.253 e. The summed E-state index contributed by atoms with van der Waals surface area (Å²) in [6.07, 6.45) is 0. The van der Waals surface area contributed by atoms with Gasteiger partial charge in [-0.2, -0.15) is 0 Å². The van der Waals surface area contributed by atoms with Gasteiger partial charge in [-0.25, -0.2) is 4.98 Å². The fourth-order valence-corrected chi connectivity index (χ4v) is 4.29. The topological polar surface area (TPSA) is 54.9 Å². The highest BCUT2D eigenvalue weighted by Gasteiger charge is 2.23. The summed E-state index contributed by atoms with van der Waals surface area (Å²) in [6.45, 7) is 2.94. The van der Waals surface area contributed by atoms with E-state index in [-0.39, 0.29) is 5.91 Å². The van der Waals surface area contributed by atoms with Gasteiger partial charge in [0.1, 0.15) is 0 Å². The van der Waals surface area contributed by atoms with E-state index in [1.165, 1.54) is 0 Å². The monoisotopic (exact) mass is 409 g/mol. The van der Waals surface area contributed by atoms with Gasteiger partial charge in [-0.1, -0.05) is 18.2 Å². The van der Waals surface area contributed by atoms with Gasteiger partial charge in [0.2, 0.25) is 0 Å². The predicted molar refractivity (Wildman–Crippen MR) is 115 cm³/mol.